The maximum absolute atomic E-state index is 14.0. The van der Waals surface area contributed by atoms with Gasteiger partial charge in [0.1, 0.15) is 0 Å². The van der Waals surface area contributed by atoms with Crippen LogP contribution >= 0.6 is 0 Å². The van der Waals surface area contributed by atoms with Gasteiger partial charge in [0.2, 0.25) is 5.82 Å². The van der Waals surface area contributed by atoms with Gasteiger partial charge in [-0.2, -0.15) is 14.8 Å². The van der Waals surface area contributed by atoms with Crippen molar-refractivity contribution in [1.82, 2.24) is 29.4 Å². The second kappa shape index (κ2) is 8.75. The Balaban J connectivity index is 1.40. The fourth-order valence-electron chi connectivity index (χ4n) is 5.58. The maximum atomic E-state index is 14.0. The van der Waals surface area contributed by atoms with Gasteiger partial charge in [0.15, 0.2) is 17.5 Å². The highest BCUT2D eigenvalue weighted by Gasteiger charge is 2.44. The van der Waals surface area contributed by atoms with Gasteiger partial charge in [0.25, 0.3) is 5.91 Å². The van der Waals surface area contributed by atoms with Gasteiger partial charge >= 0.3 is 6.01 Å². The van der Waals surface area contributed by atoms with Gasteiger partial charge in [-0.05, 0) is 49.9 Å². The molecule has 8 nitrogen and oxygen atoms in total. The van der Waals surface area contributed by atoms with Crippen molar-refractivity contribution < 1.29 is 22.7 Å². The zero-order valence-corrected chi connectivity index (χ0v) is 20.2. The van der Waals surface area contributed by atoms with Gasteiger partial charge in [0, 0.05) is 24.2 Å². The van der Waals surface area contributed by atoms with Crippen LogP contribution in [0, 0.1) is 17.5 Å². The molecule has 0 saturated carbocycles. The highest BCUT2D eigenvalue weighted by molar-refractivity contribution is 5.91. The molecule has 2 aromatic heterocycles. The van der Waals surface area contributed by atoms with Crippen molar-refractivity contribution in [3.63, 3.8) is 0 Å². The molecule has 37 heavy (non-hydrogen) atoms. The minimum Gasteiger partial charge on any atom is -0.467 e. The van der Waals surface area contributed by atoms with Crippen LogP contribution in [0.4, 0.5) is 13.2 Å². The Hall–Kier alpha value is -4.15. The lowest BCUT2D eigenvalue weighted by Crippen LogP contribution is -2.50. The molecule has 190 valence electrons. The molecule has 4 heterocycles. The lowest BCUT2D eigenvalue weighted by molar-refractivity contribution is 0.0379. The zero-order chi connectivity index (χ0) is 25.8. The molecule has 2 aromatic carbocycles. The monoisotopic (exact) mass is 508 g/mol. The number of para-hydroxylation sites is 1. The number of carbonyl (C=O) groups excluding carboxylic acids is 1. The Labute approximate surface area is 210 Å². The van der Waals surface area contributed by atoms with Crippen LogP contribution in [-0.4, -0.2) is 48.5 Å². The molecule has 1 amide bonds. The van der Waals surface area contributed by atoms with E-state index in [1.165, 1.54) is 11.8 Å². The number of fused-ring (bicyclic) bond motifs is 4. The van der Waals surface area contributed by atoms with E-state index in [0.717, 1.165) is 30.5 Å². The Morgan fingerprint density at radius 3 is 2.49 bits per heavy atom. The summed E-state index contributed by atoms with van der Waals surface area (Å²) in [4.78, 5) is 19.9. The molecule has 0 aliphatic carbocycles. The van der Waals surface area contributed by atoms with E-state index >= 15 is 0 Å². The van der Waals surface area contributed by atoms with E-state index < -0.39 is 17.5 Å². The number of halogens is 3. The van der Waals surface area contributed by atoms with Crippen molar-refractivity contribution >= 4 is 5.91 Å². The fourth-order valence-corrected chi connectivity index (χ4v) is 5.58. The number of piperidine rings is 1. The number of ether oxygens (including phenoxy) is 1. The molecular weight excluding hydrogens is 485 g/mol. The summed E-state index contributed by atoms with van der Waals surface area (Å²) in [5.74, 6) is -4.34. The standard InChI is InChI=1S/C26H23F3N6O2/c1-33-23(14-11-18(27)21(29)19(28)12-14)17-13-16-9-6-10-20(22(17)31-33)34(16)25(36)24-30-26(37-2)35(32-24)15-7-4-3-5-8-15/h3-5,7-8,11-12,16,20H,6,9-10,13H2,1-2H3/t16-,20+/m0/s1. The first-order valence-corrected chi connectivity index (χ1v) is 12.0. The molecule has 4 aromatic rings. The van der Waals surface area contributed by atoms with E-state index in [-0.39, 0.29) is 35.4 Å². The van der Waals surface area contributed by atoms with Gasteiger partial charge in [0.05, 0.1) is 30.2 Å². The SMILES string of the molecule is COc1nc(C(=O)N2[C@H]3CCC[C@@H]2c2nn(C)c(-c4cc(F)c(F)c(F)c4)c2C3)nn1-c1ccccc1. The molecule has 1 fully saturated rings. The van der Waals surface area contributed by atoms with E-state index in [9.17, 15) is 18.0 Å². The van der Waals surface area contributed by atoms with Crippen LogP contribution in [0.1, 0.15) is 47.2 Å². The smallest absolute Gasteiger partial charge is 0.320 e. The van der Waals surface area contributed by atoms with Crippen LogP contribution < -0.4 is 4.74 Å². The van der Waals surface area contributed by atoms with Crippen molar-refractivity contribution in [1.29, 1.82) is 0 Å². The molecule has 0 unspecified atom stereocenters. The van der Waals surface area contributed by atoms with E-state index in [2.05, 4.69) is 15.2 Å². The molecule has 6 rings (SSSR count). The number of amides is 1. The molecule has 2 aliphatic rings. The van der Waals surface area contributed by atoms with Crippen molar-refractivity contribution in [2.24, 2.45) is 7.05 Å². The first-order valence-electron chi connectivity index (χ1n) is 12.0. The molecule has 0 N–H and O–H groups in total. The van der Waals surface area contributed by atoms with E-state index in [1.54, 1.807) is 16.6 Å². The van der Waals surface area contributed by atoms with Gasteiger partial charge in [-0.3, -0.25) is 9.48 Å². The summed E-state index contributed by atoms with van der Waals surface area (Å²) in [6, 6.07) is 10.9. The molecule has 2 bridgehead atoms. The molecular formula is C26H23F3N6O2. The predicted molar refractivity (Wildman–Crippen MR) is 127 cm³/mol. The summed E-state index contributed by atoms with van der Waals surface area (Å²) >= 11 is 0. The van der Waals surface area contributed by atoms with Crippen LogP contribution in [0.5, 0.6) is 6.01 Å². The molecule has 1 saturated heterocycles. The molecule has 0 spiro atoms. The lowest BCUT2D eigenvalue weighted by atomic mass is 9.81. The van der Waals surface area contributed by atoms with E-state index in [0.29, 0.717) is 29.9 Å². The van der Waals surface area contributed by atoms with Gasteiger partial charge in [-0.1, -0.05) is 18.2 Å². The lowest BCUT2D eigenvalue weighted by Gasteiger charge is -2.44. The average molecular weight is 509 g/mol. The molecule has 0 radical (unpaired) electrons. The summed E-state index contributed by atoms with van der Waals surface area (Å²) < 4.78 is 50.1. The third-order valence-electron chi connectivity index (χ3n) is 7.12. The van der Waals surface area contributed by atoms with E-state index in [4.69, 9.17) is 4.74 Å². The number of hydrogen-bond acceptors (Lipinski definition) is 5. The number of benzene rings is 2. The normalized spacial score (nSPS) is 18.6. The number of aryl methyl sites for hydroxylation is 1. The largest absolute Gasteiger partial charge is 0.467 e. The number of aromatic nitrogens is 5. The summed E-state index contributed by atoms with van der Waals surface area (Å²) in [6.07, 6.45) is 2.77. The average Bonchev–Trinajstić information content (AvgIpc) is 3.48. The Morgan fingerprint density at radius 1 is 1.05 bits per heavy atom. The number of hydrogen-bond donors (Lipinski definition) is 0. The maximum Gasteiger partial charge on any atom is 0.320 e. The van der Waals surface area contributed by atoms with Crippen LogP contribution in [0.25, 0.3) is 16.9 Å². The number of rotatable bonds is 4. The highest BCUT2D eigenvalue weighted by Crippen LogP contribution is 2.45. The summed E-state index contributed by atoms with van der Waals surface area (Å²) in [7, 11) is 3.15. The molecule has 11 heteroatoms. The Morgan fingerprint density at radius 2 is 1.78 bits per heavy atom. The third kappa shape index (κ3) is 3.68. The first-order chi connectivity index (χ1) is 17.9. The second-order valence-corrected chi connectivity index (χ2v) is 9.28. The minimum absolute atomic E-state index is 0.0138. The molecule has 2 atom stereocenters. The molecule has 2 aliphatic heterocycles. The number of carbonyl (C=O) groups is 1. The summed E-state index contributed by atoms with van der Waals surface area (Å²) in [5, 5.41) is 9.11. The predicted octanol–water partition coefficient (Wildman–Crippen LogP) is 4.39. The fraction of sp³-hybridized carbons (Fsp3) is 0.308. The van der Waals surface area contributed by atoms with Gasteiger partial charge in [-0.25, -0.2) is 13.2 Å². The van der Waals surface area contributed by atoms with Gasteiger partial charge < -0.3 is 9.64 Å². The number of methoxy groups -OCH3 is 1. The Bertz CT molecular complexity index is 1490. The van der Waals surface area contributed by atoms with Crippen LogP contribution in [0.15, 0.2) is 42.5 Å². The van der Waals surface area contributed by atoms with Gasteiger partial charge in [-0.15, -0.1) is 5.10 Å². The van der Waals surface area contributed by atoms with Crippen LogP contribution in [0.2, 0.25) is 0 Å². The minimum atomic E-state index is -1.51. The summed E-state index contributed by atoms with van der Waals surface area (Å²) in [6.45, 7) is 0. The first kappa shape index (κ1) is 23.3. The van der Waals surface area contributed by atoms with Crippen LogP contribution in [0.3, 0.4) is 0 Å². The number of nitrogens with zero attached hydrogens (tertiary/aromatic N) is 6. The summed E-state index contributed by atoms with van der Waals surface area (Å²) in [5.41, 5.74) is 2.91. The second-order valence-electron chi connectivity index (χ2n) is 9.28. The topological polar surface area (TPSA) is 78.1 Å². The third-order valence-corrected chi connectivity index (χ3v) is 7.12. The quantitative estimate of drug-likeness (QED) is 0.382. The van der Waals surface area contributed by atoms with Crippen molar-refractivity contribution in [3.8, 4) is 23.0 Å². The van der Waals surface area contributed by atoms with Crippen molar-refractivity contribution in [2.75, 3.05) is 7.11 Å². The van der Waals surface area contributed by atoms with Crippen molar-refractivity contribution in [3.05, 3.63) is 77.0 Å². The van der Waals surface area contributed by atoms with Crippen molar-refractivity contribution in [2.45, 2.75) is 37.8 Å². The highest BCUT2D eigenvalue weighted by atomic mass is 19.2. The Kier molecular flexibility index (Phi) is 5.50. The zero-order valence-electron chi connectivity index (χ0n) is 20.2. The van der Waals surface area contributed by atoms with E-state index in [1.807, 2.05) is 30.3 Å². The van der Waals surface area contributed by atoms with Crippen LogP contribution in [-0.2, 0) is 13.5 Å².